The number of fused-ring (bicyclic) bond motifs is 1. The van der Waals surface area contributed by atoms with E-state index in [-0.39, 0.29) is 0 Å². The zero-order valence-corrected chi connectivity index (χ0v) is 8.27. The van der Waals surface area contributed by atoms with Crippen molar-refractivity contribution in [3.8, 4) is 0 Å². The van der Waals surface area contributed by atoms with Crippen LogP contribution in [0.4, 0.5) is 5.69 Å². The molecule has 0 atom stereocenters. The van der Waals surface area contributed by atoms with E-state index in [4.69, 9.17) is 5.73 Å². The van der Waals surface area contributed by atoms with Crippen molar-refractivity contribution >= 4 is 16.5 Å². The lowest BCUT2D eigenvalue weighted by atomic mass is 10.1. The second-order valence-corrected chi connectivity index (χ2v) is 3.41. The third-order valence-corrected chi connectivity index (χ3v) is 2.45. The Morgan fingerprint density at radius 2 is 1.79 bits per heavy atom. The summed E-state index contributed by atoms with van der Waals surface area (Å²) in [6, 6.07) is 14.7. The topological polar surface area (TPSA) is 29.3 Å². The molecule has 0 amide bonds. The number of rotatable bonds is 2. The van der Waals surface area contributed by atoms with E-state index in [1.807, 2.05) is 11.9 Å². The molecular formula is C12H14N2. The molecule has 0 saturated heterocycles. The first-order valence-electron chi connectivity index (χ1n) is 4.71. The van der Waals surface area contributed by atoms with Crippen LogP contribution in [0.25, 0.3) is 10.8 Å². The first-order valence-corrected chi connectivity index (χ1v) is 4.71. The Hall–Kier alpha value is -1.54. The maximum absolute atomic E-state index is 5.57. The van der Waals surface area contributed by atoms with E-state index >= 15 is 0 Å². The fourth-order valence-corrected chi connectivity index (χ4v) is 1.52. The SMILES string of the molecule is CN(CN)c1ccc2ccccc2c1. The zero-order chi connectivity index (χ0) is 9.97. The zero-order valence-electron chi connectivity index (χ0n) is 8.27. The van der Waals surface area contributed by atoms with Crippen molar-refractivity contribution < 1.29 is 0 Å². The third-order valence-electron chi connectivity index (χ3n) is 2.45. The molecule has 2 N–H and O–H groups in total. The van der Waals surface area contributed by atoms with E-state index in [1.54, 1.807) is 0 Å². The minimum Gasteiger partial charge on any atom is -0.362 e. The van der Waals surface area contributed by atoms with Gasteiger partial charge in [0, 0.05) is 12.7 Å². The van der Waals surface area contributed by atoms with Crippen LogP contribution in [0.15, 0.2) is 42.5 Å². The lowest BCUT2D eigenvalue weighted by Crippen LogP contribution is -2.24. The average molecular weight is 186 g/mol. The van der Waals surface area contributed by atoms with Gasteiger partial charge in [-0.1, -0.05) is 30.3 Å². The van der Waals surface area contributed by atoms with Crippen molar-refractivity contribution in [2.45, 2.75) is 0 Å². The first kappa shape index (κ1) is 9.03. The Balaban J connectivity index is 2.51. The lowest BCUT2D eigenvalue weighted by molar-refractivity contribution is 0.934. The Morgan fingerprint density at radius 3 is 2.50 bits per heavy atom. The van der Waals surface area contributed by atoms with E-state index in [0.29, 0.717) is 6.67 Å². The van der Waals surface area contributed by atoms with Crippen LogP contribution >= 0.6 is 0 Å². The predicted molar refractivity (Wildman–Crippen MR) is 61.4 cm³/mol. The number of nitrogens with two attached hydrogens (primary N) is 1. The molecule has 0 saturated carbocycles. The summed E-state index contributed by atoms with van der Waals surface area (Å²) in [7, 11) is 1.99. The van der Waals surface area contributed by atoms with Crippen LogP contribution in [0, 0.1) is 0 Å². The van der Waals surface area contributed by atoms with Crippen molar-refractivity contribution in [1.82, 2.24) is 0 Å². The van der Waals surface area contributed by atoms with Gasteiger partial charge < -0.3 is 10.6 Å². The van der Waals surface area contributed by atoms with Crippen molar-refractivity contribution in [2.24, 2.45) is 5.73 Å². The number of benzene rings is 2. The molecule has 0 unspecified atom stereocenters. The number of anilines is 1. The van der Waals surface area contributed by atoms with E-state index in [9.17, 15) is 0 Å². The highest BCUT2D eigenvalue weighted by Crippen LogP contribution is 2.20. The minimum absolute atomic E-state index is 0.540. The van der Waals surface area contributed by atoms with Gasteiger partial charge >= 0.3 is 0 Å². The monoisotopic (exact) mass is 186 g/mol. The predicted octanol–water partition coefficient (Wildman–Crippen LogP) is 2.19. The largest absolute Gasteiger partial charge is 0.362 e. The van der Waals surface area contributed by atoms with Crippen LogP contribution in [0.2, 0.25) is 0 Å². The van der Waals surface area contributed by atoms with Gasteiger partial charge in [-0.15, -0.1) is 0 Å². The van der Waals surface area contributed by atoms with Crippen LogP contribution in [-0.4, -0.2) is 13.7 Å². The van der Waals surface area contributed by atoms with Gasteiger partial charge in [0.05, 0.1) is 6.67 Å². The second-order valence-electron chi connectivity index (χ2n) is 3.41. The lowest BCUT2D eigenvalue weighted by Gasteiger charge is -2.16. The van der Waals surface area contributed by atoms with Crippen LogP contribution < -0.4 is 10.6 Å². The van der Waals surface area contributed by atoms with Gasteiger partial charge in [0.2, 0.25) is 0 Å². The van der Waals surface area contributed by atoms with E-state index in [2.05, 4.69) is 42.5 Å². The molecule has 0 aliphatic heterocycles. The van der Waals surface area contributed by atoms with Crippen LogP contribution in [0.3, 0.4) is 0 Å². The van der Waals surface area contributed by atoms with Crippen molar-refractivity contribution in [3.63, 3.8) is 0 Å². The summed E-state index contributed by atoms with van der Waals surface area (Å²) in [5.41, 5.74) is 6.73. The highest BCUT2D eigenvalue weighted by molar-refractivity contribution is 5.85. The second kappa shape index (κ2) is 3.68. The van der Waals surface area contributed by atoms with Crippen molar-refractivity contribution in [2.75, 3.05) is 18.6 Å². The van der Waals surface area contributed by atoms with Gasteiger partial charge in [0.25, 0.3) is 0 Å². The standard InChI is InChI=1S/C12H14N2/c1-14(9-13)12-7-6-10-4-2-3-5-11(10)8-12/h2-8H,9,13H2,1H3. The Morgan fingerprint density at radius 1 is 1.07 bits per heavy atom. The summed E-state index contributed by atoms with van der Waals surface area (Å²) in [4.78, 5) is 2.02. The summed E-state index contributed by atoms with van der Waals surface area (Å²) in [5, 5.41) is 2.52. The molecule has 2 rings (SSSR count). The first-order chi connectivity index (χ1) is 6.81. The van der Waals surface area contributed by atoms with Gasteiger partial charge in [-0.3, -0.25) is 0 Å². The molecule has 0 spiro atoms. The van der Waals surface area contributed by atoms with Crippen LogP contribution in [0.5, 0.6) is 0 Å². The highest BCUT2D eigenvalue weighted by Gasteiger charge is 1.98. The Labute approximate surface area is 83.9 Å². The molecule has 14 heavy (non-hydrogen) atoms. The van der Waals surface area contributed by atoms with Gasteiger partial charge in [-0.2, -0.15) is 0 Å². The molecule has 0 aliphatic carbocycles. The minimum atomic E-state index is 0.540. The summed E-state index contributed by atoms with van der Waals surface area (Å²) in [6.45, 7) is 0.540. The van der Waals surface area contributed by atoms with Crippen molar-refractivity contribution in [3.05, 3.63) is 42.5 Å². The van der Waals surface area contributed by atoms with E-state index < -0.39 is 0 Å². The van der Waals surface area contributed by atoms with E-state index in [0.717, 1.165) is 5.69 Å². The maximum atomic E-state index is 5.57. The average Bonchev–Trinajstić information content (AvgIpc) is 2.27. The quantitative estimate of drug-likeness (QED) is 0.728. The summed E-state index contributed by atoms with van der Waals surface area (Å²) in [6.07, 6.45) is 0. The van der Waals surface area contributed by atoms with Gasteiger partial charge in [-0.05, 0) is 22.9 Å². The molecular weight excluding hydrogens is 172 g/mol. The fraction of sp³-hybridized carbons (Fsp3) is 0.167. The van der Waals surface area contributed by atoms with Gasteiger partial charge in [-0.25, -0.2) is 0 Å². The van der Waals surface area contributed by atoms with E-state index in [1.165, 1.54) is 10.8 Å². The molecule has 0 aromatic heterocycles. The molecule has 0 aliphatic rings. The molecule has 72 valence electrons. The molecule has 2 nitrogen and oxygen atoms in total. The van der Waals surface area contributed by atoms with Crippen molar-refractivity contribution in [1.29, 1.82) is 0 Å². The normalized spacial score (nSPS) is 10.4. The summed E-state index contributed by atoms with van der Waals surface area (Å²) < 4.78 is 0. The summed E-state index contributed by atoms with van der Waals surface area (Å²) >= 11 is 0. The highest BCUT2D eigenvalue weighted by atomic mass is 15.1. The molecule has 0 radical (unpaired) electrons. The summed E-state index contributed by atoms with van der Waals surface area (Å²) in [5.74, 6) is 0. The Bertz CT molecular complexity index is 437. The van der Waals surface area contributed by atoms with Crippen LogP contribution in [0.1, 0.15) is 0 Å². The van der Waals surface area contributed by atoms with Gasteiger partial charge in [0.15, 0.2) is 0 Å². The molecule has 0 bridgehead atoms. The number of hydrogen-bond acceptors (Lipinski definition) is 2. The molecule has 2 aromatic carbocycles. The molecule has 0 heterocycles. The molecule has 0 fully saturated rings. The van der Waals surface area contributed by atoms with Crippen LogP contribution in [-0.2, 0) is 0 Å². The van der Waals surface area contributed by atoms with Gasteiger partial charge in [0.1, 0.15) is 0 Å². The fourth-order valence-electron chi connectivity index (χ4n) is 1.52. The number of hydrogen-bond donors (Lipinski definition) is 1. The smallest absolute Gasteiger partial charge is 0.0653 e. The maximum Gasteiger partial charge on any atom is 0.0653 e. The third kappa shape index (κ3) is 1.56. The number of nitrogens with zero attached hydrogens (tertiary/aromatic N) is 1. The molecule has 2 aromatic rings. The molecule has 2 heteroatoms. The Kier molecular flexibility index (Phi) is 2.37.